The Labute approximate surface area is 116 Å². The van der Waals surface area contributed by atoms with Crippen molar-refractivity contribution in [2.45, 2.75) is 19.8 Å². The lowest BCUT2D eigenvalue weighted by molar-refractivity contribution is 0.758. The van der Waals surface area contributed by atoms with Crippen molar-refractivity contribution >= 4 is 29.0 Å². The van der Waals surface area contributed by atoms with Gasteiger partial charge in [-0.2, -0.15) is 5.10 Å². The van der Waals surface area contributed by atoms with Gasteiger partial charge in [0.05, 0.1) is 15.7 Å². The van der Waals surface area contributed by atoms with Crippen molar-refractivity contribution in [2.75, 3.05) is 12.4 Å². The van der Waals surface area contributed by atoms with E-state index in [1.807, 2.05) is 12.3 Å². The van der Waals surface area contributed by atoms with Crippen LogP contribution < -0.4 is 5.32 Å². The molecule has 4 nitrogen and oxygen atoms in total. The molecule has 0 spiro atoms. The Morgan fingerprint density at radius 3 is 2.56 bits per heavy atom. The quantitative estimate of drug-likeness (QED) is 0.934. The Bertz CT molecular complexity index is 563. The molecule has 18 heavy (non-hydrogen) atoms. The van der Waals surface area contributed by atoms with Gasteiger partial charge in [-0.3, -0.25) is 0 Å². The maximum Gasteiger partial charge on any atom is 0.174 e. The molecule has 0 aliphatic rings. The highest BCUT2D eigenvalue weighted by Crippen LogP contribution is 2.28. The SMILES string of the molecule is CNc1nc(-n2ccc(C(C)C)n2)c(Cl)cc1Cl. The number of rotatable bonds is 3. The van der Waals surface area contributed by atoms with E-state index >= 15 is 0 Å². The fourth-order valence-corrected chi connectivity index (χ4v) is 2.10. The van der Waals surface area contributed by atoms with Crippen molar-refractivity contribution in [1.29, 1.82) is 0 Å². The Kier molecular flexibility index (Phi) is 3.78. The monoisotopic (exact) mass is 284 g/mol. The molecule has 0 aromatic carbocycles. The third kappa shape index (κ3) is 2.44. The molecule has 96 valence electrons. The van der Waals surface area contributed by atoms with Crippen molar-refractivity contribution in [3.05, 3.63) is 34.1 Å². The summed E-state index contributed by atoms with van der Waals surface area (Å²) in [6.45, 7) is 4.17. The van der Waals surface area contributed by atoms with Crippen LogP contribution in [0.25, 0.3) is 5.82 Å². The van der Waals surface area contributed by atoms with Crippen LogP contribution in [0.2, 0.25) is 10.0 Å². The van der Waals surface area contributed by atoms with Gasteiger partial charge in [0.1, 0.15) is 5.82 Å². The van der Waals surface area contributed by atoms with Gasteiger partial charge in [0.25, 0.3) is 0 Å². The summed E-state index contributed by atoms with van der Waals surface area (Å²) < 4.78 is 1.66. The molecule has 2 heterocycles. The van der Waals surface area contributed by atoms with E-state index in [-0.39, 0.29) is 0 Å². The second-order valence-electron chi connectivity index (χ2n) is 4.21. The molecule has 0 unspecified atom stereocenters. The van der Waals surface area contributed by atoms with Gasteiger partial charge >= 0.3 is 0 Å². The zero-order valence-electron chi connectivity index (χ0n) is 10.4. The maximum absolute atomic E-state index is 6.15. The molecule has 2 aromatic heterocycles. The summed E-state index contributed by atoms with van der Waals surface area (Å²) in [5.74, 6) is 1.51. The topological polar surface area (TPSA) is 42.7 Å². The Hall–Kier alpha value is -1.26. The van der Waals surface area contributed by atoms with Gasteiger partial charge in [0, 0.05) is 13.2 Å². The number of pyridine rings is 1. The largest absolute Gasteiger partial charge is 0.372 e. The molecule has 0 atom stereocenters. The van der Waals surface area contributed by atoms with E-state index in [9.17, 15) is 0 Å². The summed E-state index contributed by atoms with van der Waals surface area (Å²) in [6.07, 6.45) is 1.84. The number of anilines is 1. The van der Waals surface area contributed by atoms with Crippen LogP contribution in [-0.2, 0) is 0 Å². The Balaban J connectivity index is 2.49. The summed E-state index contributed by atoms with van der Waals surface area (Å²) in [7, 11) is 1.76. The molecule has 0 fully saturated rings. The number of nitrogens with zero attached hydrogens (tertiary/aromatic N) is 3. The smallest absolute Gasteiger partial charge is 0.174 e. The molecule has 0 aliphatic heterocycles. The number of hydrogen-bond donors (Lipinski definition) is 1. The first kappa shape index (κ1) is 13.2. The summed E-state index contributed by atoms with van der Waals surface area (Å²) in [5, 5.41) is 8.32. The highest BCUT2D eigenvalue weighted by atomic mass is 35.5. The highest BCUT2D eigenvalue weighted by Gasteiger charge is 2.12. The molecule has 2 rings (SSSR count). The van der Waals surface area contributed by atoms with Crippen LogP contribution in [0.1, 0.15) is 25.5 Å². The second-order valence-corrected chi connectivity index (χ2v) is 5.03. The van der Waals surface area contributed by atoms with Gasteiger partial charge in [-0.15, -0.1) is 0 Å². The Morgan fingerprint density at radius 2 is 2.00 bits per heavy atom. The molecule has 0 aliphatic carbocycles. The lowest BCUT2D eigenvalue weighted by atomic mass is 10.1. The van der Waals surface area contributed by atoms with E-state index in [1.54, 1.807) is 17.8 Å². The van der Waals surface area contributed by atoms with Crippen LogP contribution in [0.4, 0.5) is 5.82 Å². The molecule has 0 bridgehead atoms. The second kappa shape index (κ2) is 5.16. The predicted molar refractivity (Wildman–Crippen MR) is 75.0 cm³/mol. The summed E-state index contributed by atoms with van der Waals surface area (Å²) in [6, 6.07) is 3.62. The van der Waals surface area contributed by atoms with Gasteiger partial charge in [0.2, 0.25) is 0 Å². The van der Waals surface area contributed by atoms with Gasteiger partial charge in [0.15, 0.2) is 5.82 Å². The number of hydrogen-bond acceptors (Lipinski definition) is 3. The van der Waals surface area contributed by atoms with Crippen LogP contribution in [0.15, 0.2) is 18.3 Å². The van der Waals surface area contributed by atoms with E-state index in [0.29, 0.717) is 27.6 Å². The van der Waals surface area contributed by atoms with E-state index in [4.69, 9.17) is 23.2 Å². The molecule has 1 N–H and O–H groups in total. The van der Waals surface area contributed by atoms with Crippen molar-refractivity contribution in [3.63, 3.8) is 0 Å². The van der Waals surface area contributed by atoms with Crippen LogP contribution in [0.5, 0.6) is 0 Å². The first-order valence-corrected chi connectivity index (χ1v) is 6.38. The maximum atomic E-state index is 6.15. The molecular formula is C12H14Cl2N4. The number of halogens is 2. The molecule has 6 heteroatoms. The van der Waals surface area contributed by atoms with E-state index in [2.05, 4.69) is 29.2 Å². The van der Waals surface area contributed by atoms with Crippen molar-refractivity contribution in [1.82, 2.24) is 14.8 Å². The van der Waals surface area contributed by atoms with E-state index in [0.717, 1.165) is 5.69 Å². The minimum absolute atomic E-state index is 0.362. The normalized spacial score (nSPS) is 11.0. The zero-order chi connectivity index (χ0) is 13.3. The van der Waals surface area contributed by atoms with Crippen LogP contribution >= 0.6 is 23.2 Å². The summed E-state index contributed by atoms with van der Waals surface area (Å²) >= 11 is 12.2. The molecule has 2 aromatic rings. The minimum Gasteiger partial charge on any atom is -0.372 e. The van der Waals surface area contributed by atoms with Crippen molar-refractivity contribution < 1.29 is 0 Å². The molecular weight excluding hydrogens is 271 g/mol. The minimum atomic E-state index is 0.362. The van der Waals surface area contributed by atoms with Gasteiger partial charge in [-0.05, 0) is 18.1 Å². The van der Waals surface area contributed by atoms with Crippen molar-refractivity contribution in [2.24, 2.45) is 0 Å². The summed E-state index contributed by atoms with van der Waals surface area (Å²) in [5.41, 5.74) is 0.994. The third-order valence-electron chi connectivity index (χ3n) is 2.57. The lowest BCUT2D eigenvalue weighted by Gasteiger charge is -2.08. The highest BCUT2D eigenvalue weighted by molar-refractivity contribution is 6.36. The fourth-order valence-electron chi connectivity index (χ4n) is 1.56. The predicted octanol–water partition coefficient (Wildman–Crippen LogP) is 3.74. The van der Waals surface area contributed by atoms with Gasteiger partial charge in [-0.1, -0.05) is 37.0 Å². The zero-order valence-corrected chi connectivity index (χ0v) is 11.9. The van der Waals surface area contributed by atoms with Gasteiger partial charge in [-0.25, -0.2) is 9.67 Å². The average molecular weight is 285 g/mol. The molecule has 0 saturated heterocycles. The van der Waals surface area contributed by atoms with Crippen LogP contribution in [0.3, 0.4) is 0 Å². The van der Waals surface area contributed by atoms with Crippen LogP contribution in [-0.4, -0.2) is 21.8 Å². The third-order valence-corrected chi connectivity index (χ3v) is 3.13. The Morgan fingerprint density at radius 1 is 1.28 bits per heavy atom. The average Bonchev–Trinajstić information content (AvgIpc) is 2.78. The summed E-state index contributed by atoms with van der Waals surface area (Å²) in [4.78, 5) is 4.36. The first-order valence-electron chi connectivity index (χ1n) is 5.62. The lowest BCUT2D eigenvalue weighted by Crippen LogP contribution is -2.04. The van der Waals surface area contributed by atoms with Crippen LogP contribution in [0, 0.1) is 0 Å². The number of nitrogens with one attached hydrogen (secondary N) is 1. The van der Waals surface area contributed by atoms with Crippen molar-refractivity contribution in [3.8, 4) is 5.82 Å². The van der Waals surface area contributed by atoms with E-state index < -0.39 is 0 Å². The van der Waals surface area contributed by atoms with Gasteiger partial charge < -0.3 is 5.32 Å². The molecule has 0 radical (unpaired) electrons. The molecule has 0 saturated carbocycles. The fraction of sp³-hybridized carbons (Fsp3) is 0.333. The number of aromatic nitrogens is 3. The van der Waals surface area contributed by atoms with E-state index in [1.165, 1.54) is 0 Å². The molecule has 0 amide bonds. The first-order chi connectivity index (χ1) is 8.52. The standard InChI is InChI=1S/C12H14Cl2N4/c1-7(2)10-4-5-18(17-10)12-9(14)6-8(13)11(15-3)16-12/h4-7H,1-3H3,(H,15,16).